The number of fused-ring (bicyclic) bond motifs is 3. The van der Waals surface area contributed by atoms with Crippen molar-refractivity contribution in [2.45, 2.75) is 115 Å². The fraction of sp³-hybridized carbons (Fsp3) is 0.641. The summed E-state index contributed by atoms with van der Waals surface area (Å²) in [7, 11) is 0. The molecule has 7 aliphatic rings. The zero-order valence-corrected chi connectivity index (χ0v) is 27.8. The van der Waals surface area contributed by atoms with Crippen LogP contribution in [0.3, 0.4) is 0 Å². The summed E-state index contributed by atoms with van der Waals surface area (Å²) < 4.78 is 35.3. The van der Waals surface area contributed by atoms with Crippen LogP contribution in [-0.4, -0.2) is 63.7 Å². The van der Waals surface area contributed by atoms with Crippen LogP contribution in [0.2, 0.25) is 0 Å². The summed E-state index contributed by atoms with van der Waals surface area (Å²) in [4.78, 5) is 5.18. The zero-order valence-electron chi connectivity index (χ0n) is 27.8. The van der Waals surface area contributed by atoms with Gasteiger partial charge in [0.25, 0.3) is 5.92 Å². The van der Waals surface area contributed by atoms with Crippen LogP contribution in [0.4, 0.5) is 8.78 Å². The van der Waals surface area contributed by atoms with Crippen LogP contribution in [0.1, 0.15) is 102 Å². The first-order chi connectivity index (χ1) is 22.1. The van der Waals surface area contributed by atoms with Gasteiger partial charge in [0, 0.05) is 46.3 Å². The number of aromatic nitrogens is 1. The molecular weight excluding hydrogens is 578 g/mol. The van der Waals surface area contributed by atoms with Crippen LogP contribution in [0.15, 0.2) is 59.5 Å². The number of nitrogens with zero attached hydrogens (tertiary/aromatic N) is 3. The third kappa shape index (κ3) is 3.73. The quantitative estimate of drug-likeness (QED) is 0.259. The van der Waals surface area contributed by atoms with Crippen molar-refractivity contribution in [3.8, 4) is 0 Å². The normalized spacial score (nSPS) is 39.1. The van der Waals surface area contributed by atoms with Gasteiger partial charge in [-0.3, -0.25) is 9.80 Å². The van der Waals surface area contributed by atoms with Crippen LogP contribution < -0.4 is 5.32 Å². The Bertz CT molecular complexity index is 1680. The third-order valence-corrected chi connectivity index (χ3v) is 14.3. The average molecular weight is 629 g/mol. The van der Waals surface area contributed by atoms with Crippen molar-refractivity contribution in [3.63, 3.8) is 0 Å². The first-order valence-electron chi connectivity index (χ1n) is 18.2. The first kappa shape index (κ1) is 29.5. The highest BCUT2D eigenvalue weighted by Crippen LogP contribution is 2.66. The lowest BCUT2D eigenvalue weighted by Crippen LogP contribution is -2.61. The lowest BCUT2D eigenvalue weighted by Gasteiger charge is -2.58. The summed E-state index contributed by atoms with van der Waals surface area (Å²) in [5.41, 5.74) is 5.00. The number of aliphatic hydroxyl groups excluding tert-OH is 1. The SMILES string of the molecule is CCC12CCCN3CCC4(C=C(/C(=C\C=C(/C)O)C5CC6(C(C)(F)F)CCCN7CCc8c(n5c5ccccc85)C76)NC4CC1)C32. The molecule has 6 aliphatic heterocycles. The topological polar surface area (TPSA) is 43.7 Å². The monoisotopic (exact) mass is 628 g/mol. The molecule has 2 N–H and O–H groups in total. The molecule has 246 valence electrons. The Hall–Kier alpha value is -2.64. The van der Waals surface area contributed by atoms with Crippen molar-refractivity contribution >= 4 is 10.9 Å². The van der Waals surface area contributed by atoms with E-state index in [1.54, 1.807) is 13.0 Å². The highest BCUT2D eigenvalue weighted by molar-refractivity contribution is 5.87. The molecule has 1 aromatic carbocycles. The summed E-state index contributed by atoms with van der Waals surface area (Å²) >= 11 is 0. The molecule has 1 spiro atoms. The molecule has 1 aromatic heterocycles. The summed E-state index contributed by atoms with van der Waals surface area (Å²) in [5.74, 6) is -2.60. The van der Waals surface area contributed by atoms with Gasteiger partial charge in [-0.25, -0.2) is 8.78 Å². The Balaban J connectivity index is 1.26. The second-order valence-corrected chi connectivity index (χ2v) is 16.2. The predicted molar refractivity (Wildman–Crippen MR) is 179 cm³/mol. The fourth-order valence-corrected chi connectivity index (χ4v) is 12.4. The molecule has 46 heavy (non-hydrogen) atoms. The summed E-state index contributed by atoms with van der Waals surface area (Å²) in [6, 6.07) is 8.96. The molecule has 1 saturated carbocycles. The van der Waals surface area contributed by atoms with Gasteiger partial charge in [0.05, 0.1) is 23.3 Å². The standard InChI is InChI=1S/C39H50F2N4O/c1-4-37-15-7-20-44-22-18-38(35(37)44)23-29(42-32(38)13-17-37)28(12-11-25(2)46)31-24-39(36(3,40)41)16-8-19-43-21-14-27-26-9-5-6-10-30(26)45(31)33(27)34(39)43/h5-6,9-12,23,31-32,34-35,42,46H,4,7-8,13-22,24H2,1-3H3/b25-11+,28-12+. The van der Waals surface area contributed by atoms with Crippen LogP contribution in [0.25, 0.3) is 10.9 Å². The van der Waals surface area contributed by atoms with Gasteiger partial charge in [-0.15, -0.1) is 0 Å². The van der Waals surface area contributed by atoms with Crippen LogP contribution in [0.5, 0.6) is 0 Å². The molecule has 7 heteroatoms. The van der Waals surface area contributed by atoms with E-state index in [-0.39, 0.29) is 23.3 Å². The number of aliphatic hydroxyl groups is 1. The van der Waals surface area contributed by atoms with Gasteiger partial charge in [-0.2, -0.15) is 0 Å². The van der Waals surface area contributed by atoms with E-state index in [2.05, 4.69) is 63.0 Å². The van der Waals surface area contributed by atoms with E-state index in [1.165, 1.54) is 50.1 Å². The van der Waals surface area contributed by atoms with Crippen molar-refractivity contribution in [1.82, 2.24) is 19.7 Å². The number of alkyl halides is 2. The number of allylic oxidation sites excluding steroid dienone is 4. The number of para-hydroxylation sites is 1. The molecular formula is C39H50F2N4O. The number of piperidine rings is 2. The Morgan fingerprint density at radius 2 is 1.85 bits per heavy atom. The number of hydrogen-bond acceptors (Lipinski definition) is 4. The third-order valence-electron chi connectivity index (χ3n) is 14.3. The molecule has 1 aliphatic carbocycles. The number of halogens is 2. The molecule has 9 rings (SSSR count). The Labute approximate surface area is 272 Å². The second-order valence-electron chi connectivity index (χ2n) is 16.2. The minimum absolute atomic E-state index is 0.0600. The molecule has 2 aromatic rings. The molecule has 0 radical (unpaired) electrons. The van der Waals surface area contributed by atoms with E-state index < -0.39 is 11.3 Å². The molecule has 3 saturated heterocycles. The van der Waals surface area contributed by atoms with Gasteiger partial charge in [0.2, 0.25) is 0 Å². The number of hydrogen-bond donors (Lipinski definition) is 2. The number of nitrogens with one attached hydrogen (secondary N) is 1. The van der Waals surface area contributed by atoms with E-state index in [0.29, 0.717) is 30.3 Å². The molecule has 7 heterocycles. The van der Waals surface area contributed by atoms with Gasteiger partial charge in [0.1, 0.15) is 0 Å². The van der Waals surface area contributed by atoms with E-state index in [0.717, 1.165) is 67.8 Å². The van der Waals surface area contributed by atoms with Crippen LogP contribution >= 0.6 is 0 Å². The summed E-state index contributed by atoms with van der Waals surface area (Å²) in [6.45, 7) is 9.37. The summed E-state index contributed by atoms with van der Waals surface area (Å²) in [6.07, 6.45) is 16.5. The summed E-state index contributed by atoms with van der Waals surface area (Å²) in [5, 5.41) is 15.8. The Morgan fingerprint density at radius 3 is 2.65 bits per heavy atom. The van der Waals surface area contributed by atoms with Gasteiger partial charge in [-0.1, -0.05) is 37.3 Å². The van der Waals surface area contributed by atoms with Crippen molar-refractivity contribution in [1.29, 1.82) is 0 Å². The predicted octanol–water partition coefficient (Wildman–Crippen LogP) is 8.21. The lowest BCUT2D eigenvalue weighted by molar-refractivity contribution is -0.186. The second kappa shape index (κ2) is 9.95. The van der Waals surface area contributed by atoms with Crippen LogP contribution in [0, 0.1) is 16.2 Å². The van der Waals surface area contributed by atoms with Crippen LogP contribution in [-0.2, 0) is 6.42 Å². The Morgan fingerprint density at radius 1 is 1.04 bits per heavy atom. The minimum Gasteiger partial charge on any atom is -0.513 e. The highest BCUT2D eigenvalue weighted by Gasteiger charge is 2.66. The van der Waals surface area contributed by atoms with Crippen molar-refractivity contribution in [2.24, 2.45) is 16.2 Å². The fourth-order valence-electron chi connectivity index (χ4n) is 12.4. The minimum atomic E-state index is -2.84. The van der Waals surface area contributed by atoms with E-state index in [1.807, 2.05) is 0 Å². The molecule has 7 atom stereocenters. The van der Waals surface area contributed by atoms with Crippen molar-refractivity contribution < 1.29 is 13.9 Å². The molecule has 4 fully saturated rings. The van der Waals surface area contributed by atoms with Gasteiger partial charge in [-0.05, 0) is 126 Å². The molecule has 5 nitrogen and oxygen atoms in total. The lowest BCUT2D eigenvalue weighted by atomic mass is 9.54. The zero-order chi connectivity index (χ0) is 31.6. The Kier molecular flexibility index (Phi) is 6.38. The van der Waals surface area contributed by atoms with E-state index >= 15 is 8.78 Å². The molecule has 0 amide bonds. The van der Waals surface area contributed by atoms with Crippen molar-refractivity contribution in [2.75, 3.05) is 26.2 Å². The van der Waals surface area contributed by atoms with E-state index in [4.69, 9.17) is 0 Å². The smallest absolute Gasteiger partial charge is 0.252 e. The first-order valence-corrected chi connectivity index (χ1v) is 18.2. The molecule has 7 unspecified atom stereocenters. The van der Waals surface area contributed by atoms with E-state index in [9.17, 15) is 5.11 Å². The highest BCUT2D eigenvalue weighted by atomic mass is 19.3. The largest absolute Gasteiger partial charge is 0.513 e. The van der Waals surface area contributed by atoms with Gasteiger partial charge >= 0.3 is 0 Å². The molecule has 0 bridgehead atoms. The maximum Gasteiger partial charge on any atom is 0.252 e. The number of benzene rings is 1. The maximum absolute atomic E-state index is 16.4. The van der Waals surface area contributed by atoms with Gasteiger partial charge in [0.15, 0.2) is 0 Å². The average Bonchev–Trinajstić information content (AvgIpc) is 3.72. The van der Waals surface area contributed by atoms with Gasteiger partial charge < -0.3 is 15.0 Å². The maximum atomic E-state index is 16.4. The van der Waals surface area contributed by atoms with Crippen molar-refractivity contribution in [3.05, 3.63) is 70.8 Å². The number of rotatable bonds is 5.